The van der Waals surface area contributed by atoms with Crippen molar-refractivity contribution in [3.8, 4) is 11.9 Å². The van der Waals surface area contributed by atoms with E-state index < -0.39 is 0 Å². The number of nitrogens with zero attached hydrogens (tertiary/aromatic N) is 5. The van der Waals surface area contributed by atoms with Crippen molar-refractivity contribution in [2.24, 2.45) is 0 Å². The number of benzene rings is 1. The van der Waals surface area contributed by atoms with Gasteiger partial charge in [0, 0.05) is 37.7 Å². The molecule has 0 fully saturated rings. The fourth-order valence-electron chi connectivity index (χ4n) is 2.39. The van der Waals surface area contributed by atoms with Crippen LogP contribution in [0.2, 0.25) is 0 Å². The Labute approximate surface area is 139 Å². The number of carbonyl (C=O) groups excluding carboxylic acids is 1. The molecular formula is C18H15N5O. The number of nitriles is 1. The Hall–Kier alpha value is -3.46. The topological polar surface area (TPSA) is 74.8 Å². The van der Waals surface area contributed by atoms with E-state index in [-0.39, 0.29) is 5.91 Å². The van der Waals surface area contributed by atoms with Gasteiger partial charge in [0.1, 0.15) is 12.1 Å². The van der Waals surface area contributed by atoms with Crippen molar-refractivity contribution in [3.05, 3.63) is 78.0 Å². The molecule has 0 atom stereocenters. The van der Waals surface area contributed by atoms with Crippen LogP contribution in [0, 0.1) is 11.3 Å². The second kappa shape index (κ2) is 6.75. The molecule has 2 heterocycles. The Kier molecular flexibility index (Phi) is 4.34. The molecule has 0 saturated carbocycles. The van der Waals surface area contributed by atoms with E-state index in [1.54, 1.807) is 65.7 Å². The van der Waals surface area contributed by atoms with Gasteiger partial charge in [0.15, 0.2) is 0 Å². The maximum Gasteiger partial charge on any atom is 0.254 e. The summed E-state index contributed by atoms with van der Waals surface area (Å²) in [5.41, 5.74) is 2.04. The molecule has 0 aliphatic rings. The number of imidazole rings is 1. The monoisotopic (exact) mass is 317 g/mol. The Balaban J connectivity index is 1.78. The van der Waals surface area contributed by atoms with Gasteiger partial charge in [-0.3, -0.25) is 9.36 Å². The summed E-state index contributed by atoms with van der Waals surface area (Å²) in [6.45, 7) is 0.428. The summed E-state index contributed by atoms with van der Waals surface area (Å²) in [6.07, 6.45) is 6.67. The molecule has 118 valence electrons. The predicted molar refractivity (Wildman–Crippen MR) is 88.3 cm³/mol. The molecular weight excluding hydrogens is 302 g/mol. The van der Waals surface area contributed by atoms with Crippen molar-refractivity contribution in [3.63, 3.8) is 0 Å². The summed E-state index contributed by atoms with van der Waals surface area (Å²) in [6, 6.07) is 12.8. The van der Waals surface area contributed by atoms with E-state index >= 15 is 0 Å². The minimum atomic E-state index is -0.110. The van der Waals surface area contributed by atoms with Crippen LogP contribution in [0.3, 0.4) is 0 Å². The van der Waals surface area contributed by atoms with Crippen LogP contribution in [-0.2, 0) is 6.54 Å². The van der Waals surface area contributed by atoms with E-state index in [0.717, 1.165) is 5.56 Å². The van der Waals surface area contributed by atoms with Crippen LogP contribution in [0.25, 0.3) is 5.82 Å². The highest BCUT2D eigenvalue weighted by atomic mass is 16.2. The van der Waals surface area contributed by atoms with Gasteiger partial charge in [-0.1, -0.05) is 12.1 Å². The first kappa shape index (κ1) is 15.4. The third-order valence-electron chi connectivity index (χ3n) is 3.58. The Morgan fingerprint density at radius 1 is 1.29 bits per heavy atom. The molecule has 0 radical (unpaired) electrons. The van der Waals surface area contributed by atoms with Crippen molar-refractivity contribution in [1.82, 2.24) is 19.4 Å². The molecule has 24 heavy (non-hydrogen) atoms. The molecule has 2 aromatic heterocycles. The van der Waals surface area contributed by atoms with Gasteiger partial charge in [0.05, 0.1) is 11.6 Å². The highest BCUT2D eigenvalue weighted by molar-refractivity contribution is 5.94. The van der Waals surface area contributed by atoms with Gasteiger partial charge in [0.2, 0.25) is 0 Å². The molecule has 0 saturated heterocycles. The first-order valence-corrected chi connectivity index (χ1v) is 7.36. The third-order valence-corrected chi connectivity index (χ3v) is 3.58. The Morgan fingerprint density at radius 2 is 2.17 bits per heavy atom. The van der Waals surface area contributed by atoms with Gasteiger partial charge in [-0.15, -0.1) is 0 Å². The number of carbonyl (C=O) groups is 1. The summed E-state index contributed by atoms with van der Waals surface area (Å²) >= 11 is 0. The molecule has 0 N–H and O–H groups in total. The lowest BCUT2D eigenvalue weighted by Crippen LogP contribution is -2.26. The van der Waals surface area contributed by atoms with E-state index in [9.17, 15) is 4.79 Å². The van der Waals surface area contributed by atoms with Crippen LogP contribution < -0.4 is 0 Å². The van der Waals surface area contributed by atoms with Crippen LogP contribution >= 0.6 is 0 Å². The van der Waals surface area contributed by atoms with Crippen molar-refractivity contribution >= 4 is 5.91 Å². The highest BCUT2D eigenvalue weighted by Crippen LogP contribution is 2.12. The molecule has 3 rings (SSSR count). The molecule has 6 heteroatoms. The minimum absolute atomic E-state index is 0.110. The normalized spacial score (nSPS) is 10.2. The van der Waals surface area contributed by atoms with Gasteiger partial charge < -0.3 is 4.90 Å². The van der Waals surface area contributed by atoms with Gasteiger partial charge in [0.25, 0.3) is 5.91 Å². The SMILES string of the molecule is CN(Cc1cccc(C#N)c1)C(=O)c1ccnc(-n2ccnc2)c1. The fraction of sp³-hybridized carbons (Fsp3) is 0.111. The molecule has 0 aliphatic carbocycles. The molecule has 6 nitrogen and oxygen atoms in total. The van der Waals surface area contributed by atoms with Crippen LogP contribution in [0.4, 0.5) is 0 Å². The zero-order valence-corrected chi connectivity index (χ0v) is 13.1. The zero-order chi connectivity index (χ0) is 16.9. The first-order valence-electron chi connectivity index (χ1n) is 7.36. The molecule has 3 aromatic rings. The van der Waals surface area contributed by atoms with Gasteiger partial charge in [-0.25, -0.2) is 9.97 Å². The first-order chi connectivity index (χ1) is 11.7. The van der Waals surface area contributed by atoms with Crippen LogP contribution in [0.5, 0.6) is 0 Å². The molecule has 0 unspecified atom stereocenters. The average Bonchev–Trinajstić information content (AvgIpc) is 3.16. The fourth-order valence-corrected chi connectivity index (χ4v) is 2.39. The quantitative estimate of drug-likeness (QED) is 0.740. The van der Waals surface area contributed by atoms with Gasteiger partial charge in [-0.2, -0.15) is 5.26 Å². The predicted octanol–water partition coefficient (Wildman–Crippen LogP) is 2.41. The molecule has 1 aromatic carbocycles. The number of amides is 1. The van der Waals surface area contributed by atoms with E-state index in [0.29, 0.717) is 23.5 Å². The second-order valence-corrected chi connectivity index (χ2v) is 5.35. The average molecular weight is 317 g/mol. The maximum absolute atomic E-state index is 12.6. The van der Waals surface area contributed by atoms with Crippen molar-refractivity contribution < 1.29 is 4.79 Å². The van der Waals surface area contributed by atoms with E-state index in [1.807, 2.05) is 12.1 Å². The van der Waals surface area contributed by atoms with E-state index in [2.05, 4.69) is 16.0 Å². The molecule has 0 spiro atoms. The van der Waals surface area contributed by atoms with Gasteiger partial charge in [-0.05, 0) is 29.8 Å². The largest absolute Gasteiger partial charge is 0.337 e. The zero-order valence-electron chi connectivity index (χ0n) is 13.1. The van der Waals surface area contributed by atoms with Crippen LogP contribution in [0.1, 0.15) is 21.5 Å². The molecule has 0 bridgehead atoms. The lowest BCUT2D eigenvalue weighted by Gasteiger charge is -2.17. The van der Waals surface area contributed by atoms with Crippen molar-refractivity contribution in [2.45, 2.75) is 6.54 Å². The van der Waals surface area contributed by atoms with E-state index in [1.165, 1.54) is 0 Å². The Bertz CT molecular complexity index is 896. The van der Waals surface area contributed by atoms with Crippen LogP contribution in [0.15, 0.2) is 61.3 Å². The number of rotatable bonds is 4. The van der Waals surface area contributed by atoms with Crippen molar-refractivity contribution in [1.29, 1.82) is 5.26 Å². The van der Waals surface area contributed by atoms with E-state index in [4.69, 9.17) is 5.26 Å². The number of pyridine rings is 1. The number of hydrogen-bond acceptors (Lipinski definition) is 4. The highest BCUT2D eigenvalue weighted by Gasteiger charge is 2.13. The smallest absolute Gasteiger partial charge is 0.254 e. The summed E-state index contributed by atoms with van der Waals surface area (Å²) in [5, 5.41) is 8.96. The third kappa shape index (κ3) is 3.31. The summed E-state index contributed by atoms with van der Waals surface area (Å²) in [5.74, 6) is 0.527. The number of aromatic nitrogens is 3. The lowest BCUT2D eigenvalue weighted by molar-refractivity contribution is 0.0785. The number of hydrogen-bond donors (Lipinski definition) is 0. The maximum atomic E-state index is 12.6. The standard InChI is InChI=1S/C18H15N5O/c1-22(12-15-4-2-3-14(9-15)11-19)18(24)16-5-6-21-17(10-16)23-8-7-20-13-23/h2-10,13H,12H2,1H3. The second-order valence-electron chi connectivity index (χ2n) is 5.35. The van der Waals surface area contributed by atoms with Gasteiger partial charge >= 0.3 is 0 Å². The molecule has 0 aliphatic heterocycles. The summed E-state index contributed by atoms with van der Waals surface area (Å²) in [7, 11) is 1.73. The lowest BCUT2D eigenvalue weighted by atomic mass is 10.1. The summed E-state index contributed by atoms with van der Waals surface area (Å²) in [4.78, 5) is 22.5. The Morgan fingerprint density at radius 3 is 2.92 bits per heavy atom. The van der Waals surface area contributed by atoms with Crippen molar-refractivity contribution in [2.75, 3.05) is 7.05 Å². The minimum Gasteiger partial charge on any atom is -0.337 e. The summed E-state index contributed by atoms with van der Waals surface area (Å²) < 4.78 is 1.74. The van der Waals surface area contributed by atoms with Crippen LogP contribution in [-0.4, -0.2) is 32.4 Å². The molecule has 1 amide bonds.